The van der Waals surface area contributed by atoms with Gasteiger partial charge >= 0.3 is 0 Å². The first-order valence-corrected chi connectivity index (χ1v) is 7.44. The molecule has 0 spiro atoms. The SMILES string of the molecule is Br.CCCCCCCC(Cc1ccccc1)N(C)C. The molecule has 110 valence electrons. The van der Waals surface area contributed by atoms with E-state index in [1.807, 2.05) is 0 Å². The van der Waals surface area contributed by atoms with Gasteiger partial charge in [0.05, 0.1) is 0 Å². The quantitative estimate of drug-likeness (QED) is 0.570. The molecular formula is C17H30BrN. The van der Waals surface area contributed by atoms with Crippen molar-refractivity contribution in [1.82, 2.24) is 4.90 Å². The molecule has 1 atom stereocenters. The van der Waals surface area contributed by atoms with Gasteiger partial charge < -0.3 is 4.90 Å². The maximum atomic E-state index is 2.38. The van der Waals surface area contributed by atoms with Crippen molar-refractivity contribution in [2.24, 2.45) is 0 Å². The van der Waals surface area contributed by atoms with Gasteiger partial charge in [0.15, 0.2) is 0 Å². The fourth-order valence-electron chi connectivity index (χ4n) is 2.41. The van der Waals surface area contributed by atoms with Crippen LogP contribution in [0.2, 0.25) is 0 Å². The van der Waals surface area contributed by atoms with Gasteiger partial charge in [-0.1, -0.05) is 69.4 Å². The molecule has 0 aliphatic carbocycles. The van der Waals surface area contributed by atoms with Crippen molar-refractivity contribution in [3.8, 4) is 0 Å². The monoisotopic (exact) mass is 327 g/mol. The third kappa shape index (κ3) is 8.43. The highest BCUT2D eigenvalue weighted by atomic mass is 79.9. The molecule has 1 aromatic carbocycles. The molecule has 19 heavy (non-hydrogen) atoms. The van der Waals surface area contributed by atoms with Crippen LogP contribution in [-0.4, -0.2) is 25.0 Å². The number of nitrogens with zero attached hydrogens (tertiary/aromatic N) is 1. The Morgan fingerprint density at radius 3 is 2.16 bits per heavy atom. The summed E-state index contributed by atoms with van der Waals surface area (Å²) in [6, 6.07) is 11.6. The molecule has 1 aromatic rings. The predicted octanol–water partition coefficient (Wildman–Crippen LogP) is 5.10. The number of rotatable bonds is 9. The highest BCUT2D eigenvalue weighted by Crippen LogP contribution is 2.14. The maximum absolute atomic E-state index is 2.38. The molecule has 0 heterocycles. The van der Waals surface area contributed by atoms with Crippen LogP contribution in [0.3, 0.4) is 0 Å². The van der Waals surface area contributed by atoms with Crippen molar-refractivity contribution in [3.63, 3.8) is 0 Å². The summed E-state index contributed by atoms with van der Waals surface area (Å²) in [4.78, 5) is 2.38. The Hall–Kier alpha value is -0.340. The molecule has 0 amide bonds. The Labute approximate surface area is 130 Å². The molecule has 0 saturated heterocycles. The minimum atomic E-state index is 0. The standard InChI is InChI=1S/C17H29N.BrH/c1-4-5-6-7-11-14-17(18(2)3)15-16-12-9-8-10-13-16;/h8-10,12-13,17H,4-7,11,14-15H2,1-3H3;1H. The number of benzene rings is 1. The van der Waals surface area contributed by atoms with E-state index in [1.54, 1.807) is 0 Å². The van der Waals surface area contributed by atoms with Crippen molar-refractivity contribution >= 4 is 17.0 Å². The largest absolute Gasteiger partial charge is 0.306 e. The van der Waals surface area contributed by atoms with E-state index in [1.165, 1.54) is 50.5 Å². The lowest BCUT2D eigenvalue weighted by atomic mass is 9.99. The third-order valence-corrected chi connectivity index (χ3v) is 3.69. The summed E-state index contributed by atoms with van der Waals surface area (Å²) < 4.78 is 0. The predicted molar refractivity (Wildman–Crippen MR) is 91.3 cm³/mol. The second-order valence-corrected chi connectivity index (χ2v) is 5.51. The van der Waals surface area contributed by atoms with Crippen molar-refractivity contribution in [2.45, 2.75) is 57.9 Å². The molecule has 1 nitrogen and oxygen atoms in total. The van der Waals surface area contributed by atoms with Gasteiger partial charge in [-0.3, -0.25) is 0 Å². The van der Waals surface area contributed by atoms with Crippen LogP contribution in [0.25, 0.3) is 0 Å². The zero-order valence-electron chi connectivity index (χ0n) is 12.8. The van der Waals surface area contributed by atoms with E-state index >= 15 is 0 Å². The Bertz CT molecular complexity index is 297. The van der Waals surface area contributed by atoms with E-state index in [0.717, 1.165) is 0 Å². The highest BCUT2D eigenvalue weighted by Gasteiger charge is 2.11. The van der Waals surface area contributed by atoms with Crippen LogP contribution in [0.5, 0.6) is 0 Å². The lowest BCUT2D eigenvalue weighted by Gasteiger charge is -2.24. The summed E-state index contributed by atoms with van der Waals surface area (Å²) >= 11 is 0. The van der Waals surface area contributed by atoms with E-state index in [-0.39, 0.29) is 17.0 Å². The Morgan fingerprint density at radius 1 is 0.947 bits per heavy atom. The Kier molecular flexibility index (Phi) is 11.3. The summed E-state index contributed by atoms with van der Waals surface area (Å²) in [6.07, 6.45) is 9.41. The number of halogens is 1. The van der Waals surface area contributed by atoms with Gasteiger partial charge in [0, 0.05) is 6.04 Å². The van der Waals surface area contributed by atoms with Crippen LogP contribution in [0.1, 0.15) is 51.0 Å². The average Bonchev–Trinajstić information content (AvgIpc) is 2.38. The Balaban J connectivity index is 0.00000324. The molecule has 0 radical (unpaired) electrons. The van der Waals surface area contributed by atoms with Crippen LogP contribution < -0.4 is 0 Å². The molecule has 1 rings (SSSR count). The summed E-state index contributed by atoms with van der Waals surface area (Å²) in [7, 11) is 4.42. The lowest BCUT2D eigenvalue weighted by Crippen LogP contribution is -2.30. The van der Waals surface area contributed by atoms with Crippen LogP contribution in [-0.2, 0) is 6.42 Å². The van der Waals surface area contributed by atoms with Crippen LogP contribution in [0, 0.1) is 0 Å². The third-order valence-electron chi connectivity index (χ3n) is 3.69. The first kappa shape index (κ1) is 18.7. The molecule has 0 aliphatic rings. The van der Waals surface area contributed by atoms with Gasteiger partial charge in [0.25, 0.3) is 0 Å². The lowest BCUT2D eigenvalue weighted by molar-refractivity contribution is 0.269. The molecule has 0 fully saturated rings. The minimum Gasteiger partial charge on any atom is -0.306 e. The minimum absolute atomic E-state index is 0. The van der Waals surface area contributed by atoms with Crippen molar-refractivity contribution in [3.05, 3.63) is 35.9 Å². The van der Waals surface area contributed by atoms with Gasteiger partial charge in [-0.2, -0.15) is 0 Å². The van der Waals surface area contributed by atoms with Crippen LogP contribution in [0.4, 0.5) is 0 Å². The van der Waals surface area contributed by atoms with E-state index in [2.05, 4.69) is 56.3 Å². The summed E-state index contributed by atoms with van der Waals surface area (Å²) in [6.45, 7) is 2.28. The van der Waals surface area contributed by atoms with E-state index in [9.17, 15) is 0 Å². The van der Waals surface area contributed by atoms with E-state index in [0.29, 0.717) is 6.04 Å². The molecule has 0 aliphatic heterocycles. The molecule has 0 saturated carbocycles. The summed E-state index contributed by atoms with van der Waals surface area (Å²) in [5.41, 5.74) is 1.46. The molecule has 1 unspecified atom stereocenters. The molecular weight excluding hydrogens is 298 g/mol. The summed E-state index contributed by atoms with van der Waals surface area (Å²) in [5, 5.41) is 0. The van der Waals surface area contributed by atoms with Gasteiger partial charge in [0.1, 0.15) is 0 Å². The smallest absolute Gasteiger partial charge is 0.0130 e. The van der Waals surface area contributed by atoms with E-state index < -0.39 is 0 Å². The first-order chi connectivity index (χ1) is 8.74. The van der Waals surface area contributed by atoms with Gasteiger partial charge in [-0.15, -0.1) is 17.0 Å². The fourth-order valence-corrected chi connectivity index (χ4v) is 2.41. The Morgan fingerprint density at radius 2 is 1.58 bits per heavy atom. The zero-order chi connectivity index (χ0) is 13.2. The van der Waals surface area contributed by atoms with Crippen molar-refractivity contribution in [1.29, 1.82) is 0 Å². The molecule has 2 heteroatoms. The second kappa shape index (κ2) is 11.5. The van der Waals surface area contributed by atoms with Gasteiger partial charge in [-0.05, 0) is 32.5 Å². The van der Waals surface area contributed by atoms with Gasteiger partial charge in [-0.25, -0.2) is 0 Å². The average molecular weight is 328 g/mol. The number of hydrogen-bond donors (Lipinski definition) is 0. The summed E-state index contributed by atoms with van der Waals surface area (Å²) in [5.74, 6) is 0. The molecule has 0 N–H and O–H groups in total. The van der Waals surface area contributed by atoms with Crippen molar-refractivity contribution in [2.75, 3.05) is 14.1 Å². The van der Waals surface area contributed by atoms with Gasteiger partial charge in [0.2, 0.25) is 0 Å². The number of likely N-dealkylation sites (N-methyl/N-ethyl adjacent to an activating group) is 1. The molecule has 0 bridgehead atoms. The van der Waals surface area contributed by atoms with Crippen molar-refractivity contribution < 1.29 is 0 Å². The number of unbranched alkanes of at least 4 members (excludes halogenated alkanes) is 4. The number of hydrogen-bond acceptors (Lipinski definition) is 1. The fraction of sp³-hybridized carbons (Fsp3) is 0.647. The van der Waals surface area contributed by atoms with Crippen LogP contribution in [0.15, 0.2) is 30.3 Å². The molecule has 0 aromatic heterocycles. The first-order valence-electron chi connectivity index (χ1n) is 7.44. The zero-order valence-corrected chi connectivity index (χ0v) is 14.5. The highest BCUT2D eigenvalue weighted by molar-refractivity contribution is 8.93. The normalized spacial score (nSPS) is 12.2. The topological polar surface area (TPSA) is 3.24 Å². The van der Waals surface area contributed by atoms with Crippen LogP contribution >= 0.6 is 17.0 Å². The van der Waals surface area contributed by atoms with E-state index in [4.69, 9.17) is 0 Å². The second-order valence-electron chi connectivity index (χ2n) is 5.51. The maximum Gasteiger partial charge on any atom is 0.0130 e.